The van der Waals surface area contributed by atoms with Crippen molar-refractivity contribution in [2.75, 3.05) is 26.7 Å². The predicted molar refractivity (Wildman–Crippen MR) is 57.6 cm³/mol. The van der Waals surface area contributed by atoms with E-state index in [-0.39, 0.29) is 0 Å². The van der Waals surface area contributed by atoms with E-state index in [9.17, 15) is 5.11 Å². The first-order valence-corrected chi connectivity index (χ1v) is 5.39. The van der Waals surface area contributed by atoms with Crippen LogP contribution in [0.1, 0.15) is 18.3 Å². The molecule has 2 N–H and O–H groups in total. The number of hydrogen-bond acceptors (Lipinski definition) is 4. The molecule has 15 heavy (non-hydrogen) atoms. The van der Waals surface area contributed by atoms with E-state index >= 15 is 0 Å². The number of likely N-dealkylation sites (tertiary alicyclic amines) is 1. The molecule has 84 valence electrons. The van der Waals surface area contributed by atoms with Gasteiger partial charge in [0.05, 0.1) is 6.26 Å². The summed E-state index contributed by atoms with van der Waals surface area (Å²) in [6.45, 7) is 2.76. The molecule has 1 aliphatic heterocycles. The Balaban J connectivity index is 1.74. The lowest BCUT2D eigenvalue weighted by atomic mass is 10.2. The van der Waals surface area contributed by atoms with Gasteiger partial charge in [0.1, 0.15) is 11.9 Å². The van der Waals surface area contributed by atoms with Gasteiger partial charge in [0.15, 0.2) is 0 Å². The van der Waals surface area contributed by atoms with Crippen LogP contribution >= 0.6 is 0 Å². The number of nitrogens with zero attached hydrogens (tertiary/aromatic N) is 1. The topological polar surface area (TPSA) is 48.6 Å². The molecular weight excluding hydrogens is 192 g/mol. The van der Waals surface area contributed by atoms with Gasteiger partial charge in [-0.1, -0.05) is 0 Å². The molecule has 1 aromatic rings. The molecule has 2 rings (SSSR count). The molecule has 1 aliphatic rings. The van der Waals surface area contributed by atoms with Gasteiger partial charge in [-0.15, -0.1) is 0 Å². The summed E-state index contributed by atoms with van der Waals surface area (Å²) in [6, 6.07) is 4.09. The van der Waals surface area contributed by atoms with Gasteiger partial charge >= 0.3 is 0 Å². The monoisotopic (exact) mass is 210 g/mol. The second kappa shape index (κ2) is 4.79. The van der Waals surface area contributed by atoms with Crippen LogP contribution in [-0.4, -0.2) is 42.7 Å². The van der Waals surface area contributed by atoms with Crippen molar-refractivity contribution in [2.45, 2.75) is 18.6 Å². The van der Waals surface area contributed by atoms with Gasteiger partial charge < -0.3 is 19.7 Å². The Hall–Kier alpha value is -0.840. The van der Waals surface area contributed by atoms with E-state index in [0.29, 0.717) is 18.3 Å². The first-order valence-electron chi connectivity index (χ1n) is 5.39. The highest BCUT2D eigenvalue weighted by atomic mass is 16.4. The van der Waals surface area contributed by atoms with Gasteiger partial charge in [-0.2, -0.15) is 0 Å². The molecule has 0 aromatic carbocycles. The molecule has 1 saturated heterocycles. The van der Waals surface area contributed by atoms with E-state index < -0.39 is 6.10 Å². The smallest absolute Gasteiger partial charge is 0.133 e. The Bertz CT molecular complexity index is 287. The van der Waals surface area contributed by atoms with Crippen LogP contribution in [0.2, 0.25) is 0 Å². The molecule has 1 fully saturated rings. The van der Waals surface area contributed by atoms with Crippen molar-refractivity contribution in [1.82, 2.24) is 10.2 Å². The number of furan rings is 1. The molecule has 4 heteroatoms. The number of nitrogens with one attached hydrogen (secondary N) is 1. The molecule has 0 aliphatic carbocycles. The molecule has 2 unspecified atom stereocenters. The van der Waals surface area contributed by atoms with Gasteiger partial charge in [0.25, 0.3) is 0 Å². The van der Waals surface area contributed by atoms with Crippen LogP contribution in [0.5, 0.6) is 0 Å². The lowest BCUT2D eigenvalue weighted by molar-refractivity contribution is 0.143. The minimum Gasteiger partial charge on any atom is -0.467 e. The summed E-state index contributed by atoms with van der Waals surface area (Å²) in [7, 11) is 2.12. The summed E-state index contributed by atoms with van der Waals surface area (Å²) in [5, 5.41) is 13.1. The van der Waals surface area contributed by atoms with Crippen molar-refractivity contribution >= 4 is 0 Å². The van der Waals surface area contributed by atoms with Crippen LogP contribution in [-0.2, 0) is 0 Å². The highest BCUT2D eigenvalue weighted by Gasteiger charge is 2.20. The molecule has 2 atom stereocenters. The second-order valence-electron chi connectivity index (χ2n) is 4.19. The quantitative estimate of drug-likeness (QED) is 0.764. The number of aliphatic hydroxyl groups excluding tert-OH is 1. The number of rotatable bonds is 4. The number of likely N-dealkylation sites (N-methyl/N-ethyl adjacent to an activating group) is 1. The summed E-state index contributed by atoms with van der Waals surface area (Å²) in [5.41, 5.74) is 0. The Labute approximate surface area is 89.9 Å². The maximum absolute atomic E-state index is 9.77. The predicted octanol–water partition coefficient (Wildman–Crippen LogP) is 0.607. The molecule has 0 saturated carbocycles. The molecule has 0 amide bonds. The molecule has 1 aromatic heterocycles. The van der Waals surface area contributed by atoms with Crippen LogP contribution in [0.25, 0.3) is 0 Å². The Morgan fingerprint density at radius 3 is 3.20 bits per heavy atom. The summed E-state index contributed by atoms with van der Waals surface area (Å²) in [4.78, 5) is 2.29. The summed E-state index contributed by atoms with van der Waals surface area (Å²) in [5.74, 6) is 0.633. The van der Waals surface area contributed by atoms with Gasteiger partial charge in [0.2, 0.25) is 0 Å². The molecule has 0 spiro atoms. The average Bonchev–Trinajstić information content (AvgIpc) is 2.84. The van der Waals surface area contributed by atoms with E-state index in [4.69, 9.17) is 4.42 Å². The molecule has 2 heterocycles. The number of aliphatic hydroxyl groups is 1. The van der Waals surface area contributed by atoms with E-state index in [1.165, 1.54) is 0 Å². The zero-order valence-electron chi connectivity index (χ0n) is 9.02. The fourth-order valence-corrected chi connectivity index (χ4v) is 1.96. The summed E-state index contributed by atoms with van der Waals surface area (Å²) < 4.78 is 5.13. The maximum Gasteiger partial charge on any atom is 0.133 e. The van der Waals surface area contributed by atoms with Gasteiger partial charge in [0, 0.05) is 19.1 Å². The van der Waals surface area contributed by atoms with E-state index in [1.54, 1.807) is 18.4 Å². The zero-order valence-corrected chi connectivity index (χ0v) is 9.02. The Morgan fingerprint density at radius 2 is 2.60 bits per heavy atom. The lowest BCUT2D eigenvalue weighted by Crippen LogP contribution is -2.34. The Morgan fingerprint density at radius 1 is 1.73 bits per heavy atom. The van der Waals surface area contributed by atoms with Crippen molar-refractivity contribution in [3.05, 3.63) is 24.2 Å². The van der Waals surface area contributed by atoms with Crippen molar-refractivity contribution in [3.8, 4) is 0 Å². The van der Waals surface area contributed by atoms with E-state index in [0.717, 1.165) is 19.5 Å². The molecule has 4 nitrogen and oxygen atoms in total. The SMILES string of the molecule is CN1CCC(NCC(O)c2ccco2)C1. The first-order chi connectivity index (χ1) is 7.25. The van der Waals surface area contributed by atoms with Crippen LogP contribution in [0.3, 0.4) is 0 Å². The summed E-state index contributed by atoms with van der Waals surface area (Å²) in [6.07, 6.45) is 2.20. The third-order valence-electron chi connectivity index (χ3n) is 2.86. The fraction of sp³-hybridized carbons (Fsp3) is 0.636. The lowest BCUT2D eigenvalue weighted by Gasteiger charge is -2.15. The third-order valence-corrected chi connectivity index (χ3v) is 2.86. The van der Waals surface area contributed by atoms with Crippen LogP contribution in [0, 0.1) is 0 Å². The van der Waals surface area contributed by atoms with Gasteiger partial charge in [-0.05, 0) is 32.1 Å². The number of hydrogen-bond donors (Lipinski definition) is 2. The minimum absolute atomic E-state index is 0.500. The first kappa shape index (κ1) is 10.7. The summed E-state index contributed by atoms with van der Waals surface area (Å²) >= 11 is 0. The van der Waals surface area contributed by atoms with Crippen molar-refractivity contribution < 1.29 is 9.52 Å². The van der Waals surface area contributed by atoms with Crippen LogP contribution < -0.4 is 5.32 Å². The highest BCUT2D eigenvalue weighted by molar-refractivity contribution is 5.02. The normalized spacial score (nSPS) is 24.5. The average molecular weight is 210 g/mol. The molecule has 0 bridgehead atoms. The third kappa shape index (κ3) is 2.81. The van der Waals surface area contributed by atoms with Crippen molar-refractivity contribution in [3.63, 3.8) is 0 Å². The maximum atomic E-state index is 9.77. The fourth-order valence-electron chi connectivity index (χ4n) is 1.96. The van der Waals surface area contributed by atoms with Gasteiger partial charge in [-0.3, -0.25) is 0 Å². The van der Waals surface area contributed by atoms with Crippen molar-refractivity contribution in [1.29, 1.82) is 0 Å². The van der Waals surface area contributed by atoms with E-state index in [2.05, 4.69) is 17.3 Å². The van der Waals surface area contributed by atoms with E-state index in [1.807, 2.05) is 0 Å². The van der Waals surface area contributed by atoms with Crippen molar-refractivity contribution in [2.24, 2.45) is 0 Å². The largest absolute Gasteiger partial charge is 0.467 e. The molecular formula is C11H18N2O2. The standard InChI is InChI=1S/C11H18N2O2/c1-13-5-4-9(8-13)12-7-10(14)11-3-2-6-15-11/h2-3,6,9-10,12,14H,4-5,7-8H2,1H3. The minimum atomic E-state index is -0.536. The zero-order chi connectivity index (χ0) is 10.7. The van der Waals surface area contributed by atoms with Crippen LogP contribution in [0.15, 0.2) is 22.8 Å². The Kier molecular flexibility index (Phi) is 3.41. The highest BCUT2D eigenvalue weighted by Crippen LogP contribution is 2.13. The van der Waals surface area contributed by atoms with Crippen LogP contribution in [0.4, 0.5) is 0 Å². The second-order valence-corrected chi connectivity index (χ2v) is 4.19. The molecule has 0 radical (unpaired) electrons. The van der Waals surface area contributed by atoms with Gasteiger partial charge in [-0.25, -0.2) is 0 Å².